The Bertz CT molecular complexity index is 664. The molecule has 1 amide bonds. The number of carbonyl (C=O) groups excluding carboxylic acids is 1. The van der Waals surface area contributed by atoms with Gasteiger partial charge in [0.05, 0.1) is 17.8 Å². The van der Waals surface area contributed by atoms with E-state index in [9.17, 15) is 9.18 Å². The van der Waals surface area contributed by atoms with E-state index in [0.29, 0.717) is 22.3 Å². The quantitative estimate of drug-likeness (QED) is 0.886. The highest BCUT2D eigenvalue weighted by molar-refractivity contribution is 6.30. The summed E-state index contributed by atoms with van der Waals surface area (Å²) in [7, 11) is 1.43. The third-order valence-corrected chi connectivity index (χ3v) is 3.13. The van der Waals surface area contributed by atoms with Crippen LogP contribution in [0.1, 0.15) is 6.92 Å². The number of carbonyl (C=O) groups is 1. The summed E-state index contributed by atoms with van der Waals surface area (Å²) in [6.07, 6.45) is 1.44. The van der Waals surface area contributed by atoms with E-state index >= 15 is 0 Å². The van der Waals surface area contributed by atoms with Gasteiger partial charge >= 0.3 is 0 Å². The van der Waals surface area contributed by atoms with Crippen LogP contribution in [0, 0.1) is 5.82 Å². The molecule has 0 saturated heterocycles. The summed E-state index contributed by atoms with van der Waals surface area (Å²) in [5, 5.41) is 6.10. The molecule has 22 heavy (non-hydrogen) atoms. The molecule has 0 aliphatic carbocycles. The van der Waals surface area contributed by atoms with Gasteiger partial charge in [-0.3, -0.25) is 4.79 Å². The lowest BCUT2D eigenvalue weighted by Crippen LogP contribution is -2.32. The normalized spacial score (nSPS) is 11.6. The van der Waals surface area contributed by atoms with Gasteiger partial charge in [-0.1, -0.05) is 11.6 Å². The molecule has 1 unspecified atom stereocenters. The van der Waals surface area contributed by atoms with Crippen LogP contribution in [0.2, 0.25) is 5.02 Å². The van der Waals surface area contributed by atoms with Gasteiger partial charge in [0.15, 0.2) is 0 Å². The Morgan fingerprint density at radius 1 is 1.36 bits per heavy atom. The zero-order chi connectivity index (χ0) is 16.1. The van der Waals surface area contributed by atoms with Gasteiger partial charge < -0.3 is 15.4 Å². The van der Waals surface area contributed by atoms with Crippen molar-refractivity contribution in [2.24, 2.45) is 0 Å². The van der Waals surface area contributed by atoms with Crippen LogP contribution in [0.3, 0.4) is 0 Å². The standard InChI is InChI=1S/C15H15ClFN3O2/c1-9(15(21)20-14-6-3-10(16)8-18-14)19-12-5-4-11(17)7-13(12)22-2/h3-9,19H,1-2H3,(H,18,20,21). The summed E-state index contributed by atoms with van der Waals surface area (Å²) in [4.78, 5) is 16.1. The van der Waals surface area contributed by atoms with Gasteiger partial charge in [-0.2, -0.15) is 0 Å². The average Bonchev–Trinajstić information content (AvgIpc) is 2.51. The van der Waals surface area contributed by atoms with Crippen LogP contribution in [0.15, 0.2) is 36.5 Å². The number of benzene rings is 1. The first-order valence-corrected chi connectivity index (χ1v) is 6.90. The van der Waals surface area contributed by atoms with Crippen LogP contribution in [0.4, 0.5) is 15.9 Å². The average molecular weight is 324 g/mol. The first-order chi connectivity index (χ1) is 10.5. The monoisotopic (exact) mass is 323 g/mol. The number of pyridine rings is 1. The predicted octanol–water partition coefficient (Wildman–Crippen LogP) is 3.32. The Hall–Kier alpha value is -2.34. The molecule has 0 spiro atoms. The molecule has 1 aromatic carbocycles. The molecule has 0 saturated carbocycles. The highest BCUT2D eigenvalue weighted by atomic mass is 35.5. The molecule has 0 aliphatic heterocycles. The molecule has 0 fully saturated rings. The highest BCUT2D eigenvalue weighted by Gasteiger charge is 2.15. The van der Waals surface area contributed by atoms with Crippen molar-refractivity contribution < 1.29 is 13.9 Å². The van der Waals surface area contributed by atoms with E-state index in [-0.39, 0.29) is 5.91 Å². The second kappa shape index (κ2) is 7.09. The molecule has 0 radical (unpaired) electrons. The van der Waals surface area contributed by atoms with E-state index in [1.54, 1.807) is 19.1 Å². The fraction of sp³-hybridized carbons (Fsp3) is 0.200. The topological polar surface area (TPSA) is 63.2 Å². The largest absolute Gasteiger partial charge is 0.494 e. The molecule has 2 rings (SSSR count). The Morgan fingerprint density at radius 2 is 2.14 bits per heavy atom. The molecule has 0 bridgehead atoms. The van der Waals surface area contributed by atoms with Gasteiger partial charge in [0.25, 0.3) is 0 Å². The molecule has 1 aromatic heterocycles. The van der Waals surface area contributed by atoms with Gasteiger partial charge in [-0.25, -0.2) is 9.37 Å². The summed E-state index contributed by atoms with van der Waals surface area (Å²) in [5.41, 5.74) is 0.524. The number of nitrogens with zero attached hydrogens (tertiary/aromatic N) is 1. The van der Waals surface area contributed by atoms with Crippen molar-refractivity contribution in [3.8, 4) is 5.75 Å². The maximum atomic E-state index is 13.1. The van der Waals surface area contributed by atoms with E-state index in [1.165, 1.54) is 31.5 Å². The number of hydrogen-bond donors (Lipinski definition) is 2. The van der Waals surface area contributed by atoms with Crippen molar-refractivity contribution in [2.45, 2.75) is 13.0 Å². The van der Waals surface area contributed by atoms with E-state index in [0.717, 1.165) is 0 Å². The van der Waals surface area contributed by atoms with E-state index in [4.69, 9.17) is 16.3 Å². The van der Waals surface area contributed by atoms with Crippen molar-refractivity contribution in [2.75, 3.05) is 17.7 Å². The maximum absolute atomic E-state index is 13.1. The molecular weight excluding hydrogens is 309 g/mol. The van der Waals surface area contributed by atoms with E-state index in [2.05, 4.69) is 15.6 Å². The van der Waals surface area contributed by atoms with Gasteiger partial charge in [-0.05, 0) is 31.2 Å². The number of nitrogens with one attached hydrogen (secondary N) is 2. The molecule has 5 nitrogen and oxygen atoms in total. The van der Waals surface area contributed by atoms with Crippen LogP contribution in [0.25, 0.3) is 0 Å². The number of amides is 1. The van der Waals surface area contributed by atoms with Crippen LogP contribution in [-0.2, 0) is 4.79 Å². The highest BCUT2D eigenvalue weighted by Crippen LogP contribution is 2.25. The molecule has 0 aliphatic rings. The van der Waals surface area contributed by atoms with Gasteiger partial charge in [0.2, 0.25) is 5.91 Å². The predicted molar refractivity (Wildman–Crippen MR) is 83.9 cm³/mol. The van der Waals surface area contributed by atoms with Crippen molar-refractivity contribution >= 4 is 29.0 Å². The van der Waals surface area contributed by atoms with Crippen LogP contribution in [-0.4, -0.2) is 24.0 Å². The minimum atomic E-state index is -0.572. The number of halogens is 2. The maximum Gasteiger partial charge on any atom is 0.247 e. The van der Waals surface area contributed by atoms with Crippen molar-refractivity contribution in [1.29, 1.82) is 0 Å². The number of rotatable bonds is 5. The Balaban J connectivity index is 2.03. The molecule has 1 atom stereocenters. The number of hydrogen-bond acceptors (Lipinski definition) is 4. The third kappa shape index (κ3) is 4.08. The number of ether oxygens (including phenoxy) is 1. The van der Waals surface area contributed by atoms with Gasteiger partial charge in [0, 0.05) is 12.3 Å². The summed E-state index contributed by atoms with van der Waals surface area (Å²) >= 11 is 5.73. The van der Waals surface area contributed by atoms with Crippen LogP contribution in [0.5, 0.6) is 5.75 Å². The fourth-order valence-corrected chi connectivity index (χ4v) is 1.88. The second-order valence-electron chi connectivity index (χ2n) is 4.56. The third-order valence-electron chi connectivity index (χ3n) is 2.91. The van der Waals surface area contributed by atoms with Gasteiger partial charge in [-0.15, -0.1) is 0 Å². The zero-order valence-electron chi connectivity index (χ0n) is 12.1. The molecule has 7 heteroatoms. The summed E-state index contributed by atoms with van der Waals surface area (Å²) in [5.74, 6) is 0.0180. The van der Waals surface area contributed by atoms with Crippen LogP contribution >= 0.6 is 11.6 Å². The minimum Gasteiger partial charge on any atom is -0.494 e. The minimum absolute atomic E-state index is 0.291. The van der Waals surface area contributed by atoms with Gasteiger partial charge in [0.1, 0.15) is 23.4 Å². The van der Waals surface area contributed by atoms with Crippen LogP contribution < -0.4 is 15.4 Å². The summed E-state index contributed by atoms with van der Waals surface area (Å²) in [6, 6.07) is 6.70. The molecular formula is C15H15ClFN3O2. The lowest BCUT2D eigenvalue weighted by Gasteiger charge is -2.17. The lowest BCUT2D eigenvalue weighted by molar-refractivity contribution is -0.116. The summed E-state index contributed by atoms with van der Waals surface area (Å²) < 4.78 is 18.2. The lowest BCUT2D eigenvalue weighted by atomic mass is 10.2. The van der Waals surface area contributed by atoms with E-state index in [1.807, 2.05) is 0 Å². The number of methoxy groups -OCH3 is 1. The Labute approximate surface area is 132 Å². The number of aromatic nitrogens is 1. The molecule has 2 N–H and O–H groups in total. The second-order valence-corrected chi connectivity index (χ2v) is 5.00. The van der Waals surface area contributed by atoms with E-state index < -0.39 is 11.9 Å². The number of anilines is 2. The Morgan fingerprint density at radius 3 is 2.77 bits per heavy atom. The SMILES string of the molecule is COc1cc(F)ccc1NC(C)C(=O)Nc1ccc(Cl)cn1. The smallest absolute Gasteiger partial charge is 0.247 e. The molecule has 116 valence electrons. The van der Waals surface area contributed by atoms with Crippen molar-refractivity contribution in [1.82, 2.24) is 4.98 Å². The Kier molecular flexibility index (Phi) is 5.16. The first kappa shape index (κ1) is 16.0. The van der Waals surface area contributed by atoms with Crippen molar-refractivity contribution in [3.63, 3.8) is 0 Å². The molecule has 1 heterocycles. The first-order valence-electron chi connectivity index (χ1n) is 6.52. The zero-order valence-corrected chi connectivity index (χ0v) is 12.8. The fourth-order valence-electron chi connectivity index (χ4n) is 1.77. The summed E-state index contributed by atoms with van der Waals surface area (Å²) in [6.45, 7) is 1.67. The van der Waals surface area contributed by atoms with Crippen molar-refractivity contribution in [3.05, 3.63) is 47.4 Å². The molecule has 2 aromatic rings.